The molecule has 0 amide bonds. The predicted molar refractivity (Wildman–Crippen MR) is 107 cm³/mol. The molecule has 2 aliphatic rings. The van der Waals surface area contributed by atoms with Crippen LogP contribution in [0.25, 0.3) is 0 Å². The Bertz CT molecular complexity index is 704. The van der Waals surface area contributed by atoms with Gasteiger partial charge in [-0.05, 0) is 25.3 Å². The molecule has 1 saturated heterocycles. The van der Waals surface area contributed by atoms with Gasteiger partial charge in [-0.2, -0.15) is 0 Å². The number of rotatable bonds is 5. The van der Waals surface area contributed by atoms with Crippen LogP contribution in [0.4, 0.5) is 11.6 Å². The molecule has 0 bridgehead atoms. The third-order valence-electron chi connectivity index (χ3n) is 5.48. The summed E-state index contributed by atoms with van der Waals surface area (Å²) in [5.74, 6) is 2.91. The fourth-order valence-electron chi connectivity index (χ4n) is 4.04. The van der Waals surface area contributed by atoms with Crippen molar-refractivity contribution in [3.8, 4) is 0 Å². The SMILES string of the molecule is Cc1nc(NC2CCCC2)cc(N2CCN(Cc3ccccc3)CC2)n1. The van der Waals surface area contributed by atoms with Crippen LogP contribution in [0, 0.1) is 6.92 Å². The largest absolute Gasteiger partial charge is 0.367 e. The summed E-state index contributed by atoms with van der Waals surface area (Å²) in [6, 6.07) is 13.5. The standard InChI is InChI=1S/C21H29N5/c1-17-22-20(24-19-9-5-6-10-19)15-21(23-17)26-13-11-25(12-14-26)16-18-7-3-2-4-8-18/h2-4,7-8,15,19H,5-6,9-14,16H2,1H3,(H,22,23,24). The molecule has 26 heavy (non-hydrogen) atoms. The molecule has 0 radical (unpaired) electrons. The zero-order valence-electron chi connectivity index (χ0n) is 15.7. The molecule has 1 saturated carbocycles. The van der Waals surface area contributed by atoms with Crippen molar-refractivity contribution in [1.29, 1.82) is 0 Å². The molecule has 0 atom stereocenters. The zero-order valence-corrected chi connectivity index (χ0v) is 15.7. The third-order valence-corrected chi connectivity index (χ3v) is 5.48. The number of aromatic nitrogens is 2. The van der Waals surface area contributed by atoms with Gasteiger partial charge in [-0.1, -0.05) is 43.2 Å². The first-order chi connectivity index (χ1) is 12.8. The number of hydrogen-bond donors (Lipinski definition) is 1. The van der Waals surface area contributed by atoms with Gasteiger partial charge in [0.1, 0.15) is 17.5 Å². The van der Waals surface area contributed by atoms with Gasteiger partial charge in [0.15, 0.2) is 0 Å². The maximum atomic E-state index is 4.70. The lowest BCUT2D eigenvalue weighted by molar-refractivity contribution is 0.249. The minimum absolute atomic E-state index is 0.583. The molecule has 0 unspecified atom stereocenters. The van der Waals surface area contributed by atoms with E-state index in [1.807, 2.05) is 6.92 Å². The van der Waals surface area contributed by atoms with E-state index in [1.54, 1.807) is 0 Å². The first-order valence-corrected chi connectivity index (χ1v) is 9.90. The quantitative estimate of drug-likeness (QED) is 0.894. The normalized spacial score (nSPS) is 19.0. The van der Waals surface area contributed by atoms with E-state index in [0.717, 1.165) is 50.2 Å². The molecule has 4 rings (SSSR count). The highest BCUT2D eigenvalue weighted by Gasteiger charge is 2.20. The average molecular weight is 351 g/mol. The summed E-state index contributed by atoms with van der Waals surface area (Å²) >= 11 is 0. The summed E-state index contributed by atoms with van der Waals surface area (Å²) in [5, 5.41) is 3.61. The molecular weight excluding hydrogens is 322 g/mol. The van der Waals surface area contributed by atoms with Gasteiger partial charge in [0.05, 0.1) is 0 Å². The second kappa shape index (κ2) is 8.04. The van der Waals surface area contributed by atoms with Gasteiger partial charge in [-0.25, -0.2) is 9.97 Å². The fraction of sp³-hybridized carbons (Fsp3) is 0.524. The van der Waals surface area contributed by atoms with Crippen LogP contribution >= 0.6 is 0 Å². The number of piperazine rings is 1. The van der Waals surface area contributed by atoms with Crippen LogP contribution < -0.4 is 10.2 Å². The first kappa shape index (κ1) is 17.3. The van der Waals surface area contributed by atoms with Gasteiger partial charge >= 0.3 is 0 Å². The van der Waals surface area contributed by atoms with Crippen molar-refractivity contribution >= 4 is 11.6 Å². The molecule has 138 valence electrons. The summed E-state index contributed by atoms with van der Waals surface area (Å²) in [5.41, 5.74) is 1.39. The van der Waals surface area contributed by atoms with Crippen LogP contribution in [0.3, 0.4) is 0 Å². The van der Waals surface area contributed by atoms with Crippen molar-refractivity contribution in [2.75, 3.05) is 36.4 Å². The molecule has 5 nitrogen and oxygen atoms in total. The first-order valence-electron chi connectivity index (χ1n) is 9.90. The molecule has 1 aliphatic heterocycles. The van der Waals surface area contributed by atoms with E-state index in [0.29, 0.717) is 6.04 Å². The van der Waals surface area contributed by atoms with Crippen LogP contribution in [0.15, 0.2) is 36.4 Å². The molecule has 5 heteroatoms. The van der Waals surface area contributed by atoms with Gasteiger partial charge in [-0.15, -0.1) is 0 Å². The molecular formula is C21H29N5. The van der Waals surface area contributed by atoms with E-state index in [4.69, 9.17) is 4.98 Å². The Hall–Kier alpha value is -2.14. The summed E-state index contributed by atoms with van der Waals surface area (Å²) in [6.45, 7) is 7.21. The highest BCUT2D eigenvalue weighted by molar-refractivity contribution is 5.50. The van der Waals surface area contributed by atoms with Gasteiger partial charge in [0, 0.05) is 44.8 Å². The second-order valence-electron chi connectivity index (χ2n) is 7.53. The highest BCUT2D eigenvalue weighted by Crippen LogP contribution is 2.24. The summed E-state index contributed by atoms with van der Waals surface area (Å²) in [6.07, 6.45) is 5.18. The van der Waals surface area contributed by atoms with Crippen LogP contribution in [-0.2, 0) is 6.54 Å². The van der Waals surface area contributed by atoms with Crippen molar-refractivity contribution in [3.05, 3.63) is 47.8 Å². The molecule has 1 aromatic carbocycles. The lowest BCUT2D eigenvalue weighted by Crippen LogP contribution is -2.46. The Morgan fingerprint density at radius 1 is 1.00 bits per heavy atom. The van der Waals surface area contributed by atoms with Crippen molar-refractivity contribution in [3.63, 3.8) is 0 Å². The van der Waals surface area contributed by atoms with Gasteiger partial charge < -0.3 is 10.2 Å². The number of nitrogens with one attached hydrogen (secondary N) is 1. The predicted octanol–water partition coefficient (Wildman–Crippen LogP) is 3.46. The maximum absolute atomic E-state index is 4.70. The van der Waals surface area contributed by atoms with Crippen LogP contribution in [0.5, 0.6) is 0 Å². The number of benzene rings is 1. The van der Waals surface area contributed by atoms with E-state index in [1.165, 1.54) is 31.2 Å². The lowest BCUT2D eigenvalue weighted by Gasteiger charge is -2.35. The molecule has 2 heterocycles. The van der Waals surface area contributed by atoms with E-state index in [9.17, 15) is 0 Å². The molecule has 1 aromatic heterocycles. The average Bonchev–Trinajstić information content (AvgIpc) is 3.16. The molecule has 1 aliphatic carbocycles. The second-order valence-corrected chi connectivity index (χ2v) is 7.53. The topological polar surface area (TPSA) is 44.3 Å². The Labute approximate surface area is 156 Å². The molecule has 2 fully saturated rings. The summed E-state index contributed by atoms with van der Waals surface area (Å²) < 4.78 is 0. The van der Waals surface area contributed by atoms with Crippen LogP contribution in [0.2, 0.25) is 0 Å². The number of aryl methyl sites for hydroxylation is 1. The monoisotopic (exact) mass is 351 g/mol. The minimum Gasteiger partial charge on any atom is -0.367 e. The summed E-state index contributed by atoms with van der Waals surface area (Å²) in [7, 11) is 0. The van der Waals surface area contributed by atoms with Gasteiger partial charge in [0.25, 0.3) is 0 Å². The van der Waals surface area contributed by atoms with Crippen LogP contribution in [-0.4, -0.2) is 47.1 Å². The van der Waals surface area contributed by atoms with Gasteiger partial charge in [-0.3, -0.25) is 4.90 Å². The Morgan fingerprint density at radius 3 is 2.46 bits per heavy atom. The van der Waals surface area contributed by atoms with Crippen molar-refractivity contribution < 1.29 is 0 Å². The Morgan fingerprint density at radius 2 is 1.73 bits per heavy atom. The van der Waals surface area contributed by atoms with Gasteiger partial charge in [0.2, 0.25) is 0 Å². The van der Waals surface area contributed by atoms with E-state index in [-0.39, 0.29) is 0 Å². The lowest BCUT2D eigenvalue weighted by atomic mass is 10.2. The van der Waals surface area contributed by atoms with Crippen LogP contribution in [0.1, 0.15) is 37.1 Å². The zero-order chi connectivity index (χ0) is 17.8. The molecule has 1 N–H and O–H groups in total. The van der Waals surface area contributed by atoms with Crippen molar-refractivity contribution in [2.45, 2.75) is 45.2 Å². The Balaban J connectivity index is 1.37. The Kier molecular flexibility index (Phi) is 5.34. The van der Waals surface area contributed by atoms with E-state index in [2.05, 4.69) is 56.5 Å². The molecule has 0 spiro atoms. The minimum atomic E-state index is 0.583. The number of hydrogen-bond acceptors (Lipinski definition) is 5. The highest BCUT2D eigenvalue weighted by atomic mass is 15.3. The van der Waals surface area contributed by atoms with Crippen molar-refractivity contribution in [1.82, 2.24) is 14.9 Å². The number of anilines is 2. The number of nitrogens with zero attached hydrogens (tertiary/aromatic N) is 4. The van der Waals surface area contributed by atoms with E-state index >= 15 is 0 Å². The molecule has 2 aromatic rings. The third kappa shape index (κ3) is 4.33. The summed E-state index contributed by atoms with van der Waals surface area (Å²) in [4.78, 5) is 14.2. The smallest absolute Gasteiger partial charge is 0.134 e. The van der Waals surface area contributed by atoms with E-state index < -0.39 is 0 Å². The maximum Gasteiger partial charge on any atom is 0.134 e. The van der Waals surface area contributed by atoms with Crippen molar-refractivity contribution in [2.24, 2.45) is 0 Å². The fourth-order valence-corrected chi connectivity index (χ4v) is 4.04.